The molecular weight excluding hydrogens is 198 g/mol. The largest absolute Gasteiger partial charge is 0.388 e. The number of nitrogens with one attached hydrogen (secondary N) is 1. The number of thiazole rings is 1. The maximum atomic E-state index is 9.59. The number of H-pyrrole nitrogens is 1. The smallest absolute Gasteiger partial charge is 0.126 e. The van der Waals surface area contributed by atoms with Gasteiger partial charge in [-0.3, -0.25) is 5.10 Å². The van der Waals surface area contributed by atoms with Crippen LogP contribution in [0, 0.1) is 0 Å². The van der Waals surface area contributed by atoms with Crippen LogP contribution in [0.1, 0.15) is 24.3 Å². The van der Waals surface area contributed by atoms with Gasteiger partial charge in [-0.2, -0.15) is 5.10 Å². The summed E-state index contributed by atoms with van der Waals surface area (Å²) in [7, 11) is 0. The summed E-state index contributed by atoms with van der Waals surface area (Å²) < 4.78 is 0. The highest BCUT2D eigenvalue weighted by Gasteiger charge is 2.10. The highest BCUT2D eigenvalue weighted by Crippen LogP contribution is 2.29. The molecule has 1 atom stereocenters. The van der Waals surface area contributed by atoms with E-state index in [2.05, 4.69) is 15.2 Å². The summed E-state index contributed by atoms with van der Waals surface area (Å²) in [6.07, 6.45) is 5.56. The zero-order chi connectivity index (χ0) is 9.97. The minimum atomic E-state index is -0.395. The van der Waals surface area contributed by atoms with E-state index in [4.69, 9.17) is 0 Å². The van der Waals surface area contributed by atoms with Crippen molar-refractivity contribution in [3.8, 4) is 10.6 Å². The van der Waals surface area contributed by atoms with Crippen LogP contribution in [0.2, 0.25) is 0 Å². The van der Waals surface area contributed by atoms with Crippen LogP contribution in [0.3, 0.4) is 0 Å². The van der Waals surface area contributed by atoms with Crippen LogP contribution in [-0.4, -0.2) is 20.3 Å². The molecule has 2 aromatic heterocycles. The third kappa shape index (κ3) is 1.69. The number of hydrogen-bond acceptors (Lipinski definition) is 4. The van der Waals surface area contributed by atoms with Gasteiger partial charge in [-0.1, -0.05) is 6.92 Å². The minimum absolute atomic E-state index is 0.395. The van der Waals surface area contributed by atoms with E-state index >= 15 is 0 Å². The molecule has 0 amide bonds. The molecule has 2 rings (SSSR count). The summed E-state index contributed by atoms with van der Waals surface area (Å²) in [6.45, 7) is 1.95. The second kappa shape index (κ2) is 3.89. The fourth-order valence-electron chi connectivity index (χ4n) is 1.14. The molecule has 0 saturated heterocycles. The number of nitrogens with zero attached hydrogens (tertiary/aromatic N) is 2. The number of aliphatic hydroxyl groups is 1. The van der Waals surface area contributed by atoms with Crippen molar-refractivity contribution in [2.45, 2.75) is 19.4 Å². The second-order valence-electron chi connectivity index (χ2n) is 2.98. The van der Waals surface area contributed by atoms with Gasteiger partial charge in [0.15, 0.2) is 0 Å². The zero-order valence-corrected chi connectivity index (χ0v) is 8.58. The molecule has 0 aliphatic carbocycles. The maximum absolute atomic E-state index is 9.59. The molecule has 0 unspecified atom stereocenters. The molecule has 0 saturated carbocycles. The van der Waals surface area contributed by atoms with Crippen LogP contribution in [0.5, 0.6) is 0 Å². The lowest BCUT2D eigenvalue weighted by Crippen LogP contribution is -1.89. The average molecular weight is 209 g/mol. The minimum Gasteiger partial charge on any atom is -0.388 e. The zero-order valence-electron chi connectivity index (χ0n) is 7.77. The van der Waals surface area contributed by atoms with Gasteiger partial charge in [-0.05, 0) is 6.42 Å². The maximum Gasteiger partial charge on any atom is 0.126 e. The van der Waals surface area contributed by atoms with Crippen molar-refractivity contribution in [2.75, 3.05) is 0 Å². The highest BCUT2D eigenvalue weighted by atomic mass is 32.1. The molecular formula is C9H11N3OS. The first-order chi connectivity index (χ1) is 6.81. The van der Waals surface area contributed by atoms with Gasteiger partial charge in [-0.25, -0.2) is 4.98 Å². The monoisotopic (exact) mass is 209 g/mol. The average Bonchev–Trinajstić information content (AvgIpc) is 2.86. The molecule has 0 aliphatic heterocycles. The van der Waals surface area contributed by atoms with Gasteiger partial charge < -0.3 is 5.11 Å². The van der Waals surface area contributed by atoms with Crippen LogP contribution in [0.25, 0.3) is 10.6 Å². The molecule has 4 nitrogen and oxygen atoms in total. The summed E-state index contributed by atoms with van der Waals surface area (Å²) in [5.74, 6) is 0. The Morgan fingerprint density at radius 2 is 2.43 bits per heavy atom. The SMILES string of the molecule is CC[C@H](O)c1cnc(-c2cn[nH]c2)s1. The quantitative estimate of drug-likeness (QED) is 0.812. The lowest BCUT2D eigenvalue weighted by molar-refractivity contribution is 0.177. The molecule has 2 N–H and O–H groups in total. The summed E-state index contributed by atoms with van der Waals surface area (Å²) in [6, 6.07) is 0. The molecule has 2 heterocycles. The molecule has 0 aliphatic rings. The Hall–Kier alpha value is -1.20. The third-order valence-corrected chi connectivity index (χ3v) is 3.13. The van der Waals surface area contributed by atoms with E-state index in [0.29, 0.717) is 6.42 Å². The van der Waals surface area contributed by atoms with Crippen LogP contribution in [0.4, 0.5) is 0 Å². The van der Waals surface area contributed by atoms with Crippen molar-refractivity contribution in [3.05, 3.63) is 23.5 Å². The topological polar surface area (TPSA) is 61.8 Å². The van der Waals surface area contributed by atoms with E-state index in [1.54, 1.807) is 18.6 Å². The van der Waals surface area contributed by atoms with E-state index in [-0.39, 0.29) is 0 Å². The van der Waals surface area contributed by atoms with Gasteiger partial charge in [0.05, 0.1) is 17.2 Å². The van der Waals surface area contributed by atoms with Crippen LogP contribution in [0.15, 0.2) is 18.6 Å². The van der Waals surface area contributed by atoms with Crippen LogP contribution < -0.4 is 0 Å². The van der Waals surface area contributed by atoms with Gasteiger partial charge in [-0.15, -0.1) is 11.3 Å². The summed E-state index contributed by atoms with van der Waals surface area (Å²) in [5.41, 5.74) is 0.963. The van der Waals surface area contributed by atoms with Crippen molar-refractivity contribution in [1.29, 1.82) is 0 Å². The van der Waals surface area contributed by atoms with Gasteiger partial charge >= 0.3 is 0 Å². The number of hydrogen-bond donors (Lipinski definition) is 2. The molecule has 0 fully saturated rings. The van der Waals surface area contributed by atoms with Crippen LogP contribution in [-0.2, 0) is 0 Å². The second-order valence-corrected chi connectivity index (χ2v) is 4.04. The van der Waals surface area contributed by atoms with E-state index in [1.165, 1.54) is 11.3 Å². The molecule has 5 heteroatoms. The van der Waals surface area contributed by atoms with Crippen molar-refractivity contribution >= 4 is 11.3 Å². The Kier molecular flexibility index (Phi) is 2.60. The lowest BCUT2D eigenvalue weighted by atomic mass is 10.2. The Morgan fingerprint density at radius 1 is 1.57 bits per heavy atom. The first-order valence-corrected chi connectivity index (χ1v) is 5.26. The van der Waals surface area contributed by atoms with Crippen molar-refractivity contribution < 1.29 is 5.11 Å². The Bertz CT molecular complexity index is 396. The highest BCUT2D eigenvalue weighted by molar-refractivity contribution is 7.15. The molecule has 2 aromatic rings. The summed E-state index contributed by atoms with van der Waals surface area (Å²) in [4.78, 5) is 5.13. The van der Waals surface area contributed by atoms with Crippen molar-refractivity contribution in [3.63, 3.8) is 0 Å². The molecule has 74 valence electrons. The Morgan fingerprint density at radius 3 is 3.07 bits per heavy atom. The Balaban J connectivity index is 2.26. The lowest BCUT2D eigenvalue weighted by Gasteiger charge is -2.00. The number of aromatic amines is 1. The normalized spacial score (nSPS) is 13.0. The van der Waals surface area contributed by atoms with Crippen molar-refractivity contribution in [2.24, 2.45) is 0 Å². The van der Waals surface area contributed by atoms with E-state index < -0.39 is 6.10 Å². The standard InChI is InChI=1S/C9H11N3OS/c1-2-7(13)8-5-10-9(14-8)6-3-11-12-4-6/h3-5,7,13H,2H2,1H3,(H,11,12)/t7-/m0/s1. The van der Waals surface area contributed by atoms with Crippen LogP contribution >= 0.6 is 11.3 Å². The van der Waals surface area contributed by atoms with Gasteiger partial charge in [0, 0.05) is 18.0 Å². The van der Waals surface area contributed by atoms with E-state index in [0.717, 1.165) is 15.4 Å². The van der Waals surface area contributed by atoms with Gasteiger partial charge in [0.2, 0.25) is 0 Å². The third-order valence-electron chi connectivity index (χ3n) is 1.98. The van der Waals surface area contributed by atoms with Gasteiger partial charge in [0.1, 0.15) is 5.01 Å². The first-order valence-electron chi connectivity index (χ1n) is 4.44. The Labute approximate surface area is 85.6 Å². The fraction of sp³-hybridized carbons (Fsp3) is 0.333. The van der Waals surface area contributed by atoms with E-state index in [9.17, 15) is 5.11 Å². The molecule has 14 heavy (non-hydrogen) atoms. The predicted octanol–water partition coefficient (Wildman–Crippen LogP) is 1.98. The number of aromatic nitrogens is 3. The molecule has 0 radical (unpaired) electrons. The van der Waals surface area contributed by atoms with Crippen molar-refractivity contribution in [1.82, 2.24) is 15.2 Å². The molecule has 0 bridgehead atoms. The predicted molar refractivity (Wildman–Crippen MR) is 54.9 cm³/mol. The first kappa shape index (κ1) is 9.36. The van der Waals surface area contributed by atoms with Gasteiger partial charge in [0.25, 0.3) is 0 Å². The molecule has 0 aromatic carbocycles. The molecule has 0 spiro atoms. The summed E-state index contributed by atoms with van der Waals surface area (Å²) >= 11 is 1.50. The van der Waals surface area contributed by atoms with E-state index in [1.807, 2.05) is 6.92 Å². The fourth-order valence-corrected chi connectivity index (χ4v) is 2.11. The number of rotatable bonds is 3. The number of aliphatic hydroxyl groups excluding tert-OH is 1. The summed E-state index contributed by atoms with van der Waals surface area (Å²) in [5, 5.41) is 17.1.